The molecule has 0 aliphatic heterocycles. The van der Waals surface area contributed by atoms with E-state index in [0.29, 0.717) is 31.2 Å². The predicted molar refractivity (Wildman–Crippen MR) is 87.6 cm³/mol. The van der Waals surface area contributed by atoms with E-state index in [9.17, 15) is 5.11 Å². The highest BCUT2D eigenvalue weighted by Gasteiger charge is 2.18. The van der Waals surface area contributed by atoms with Crippen LogP contribution in [0.25, 0.3) is 0 Å². The van der Waals surface area contributed by atoms with Crippen molar-refractivity contribution in [1.82, 2.24) is 4.90 Å². The standard InChI is InChI=1S/C19H18N2O3/c20-11-16-8-9-17(24-16)13-21(12-15-5-2-1-3-6-15)14-18(22)19-7-4-10-23-19/h1-10,18,22H,12-14H2. The van der Waals surface area contributed by atoms with E-state index < -0.39 is 6.10 Å². The molecule has 1 atom stereocenters. The van der Waals surface area contributed by atoms with Crippen LogP contribution in [-0.2, 0) is 13.1 Å². The summed E-state index contributed by atoms with van der Waals surface area (Å²) in [6, 6.07) is 18.9. The summed E-state index contributed by atoms with van der Waals surface area (Å²) in [5, 5.41) is 19.2. The van der Waals surface area contributed by atoms with Crippen LogP contribution >= 0.6 is 0 Å². The van der Waals surface area contributed by atoms with Gasteiger partial charge >= 0.3 is 0 Å². The Morgan fingerprint density at radius 3 is 2.54 bits per heavy atom. The zero-order valence-electron chi connectivity index (χ0n) is 13.1. The molecule has 5 nitrogen and oxygen atoms in total. The van der Waals surface area contributed by atoms with E-state index in [2.05, 4.69) is 4.90 Å². The highest BCUT2D eigenvalue weighted by atomic mass is 16.4. The summed E-state index contributed by atoms with van der Waals surface area (Å²) in [6.45, 7) is 1.54. The smallest absolute Gasteiger partial charge is 0.203 e. The molecular weight excluding hydrogens is 304 g/mol. The summed E-state index contributed by atoms with van der Waals surface area (Å²) in [5.41, 5.74) is 1.14. The minimum Gasteiger partial charge on any atom is -0.467 e. The number of nitriles is 1. The number of aliphatic hydroxyl groups excluding tert-OH is 1. The van der Waals surface area contributed by atoms with Gasteiger partial charge in [-0.2, -0.15) is 5.26 Å². The van der Waals surface area contributed by atoms with Crippen LogP contribution in [0, 0.1) is 11.3 Å². The Balaban J connectivity index is 1.73. The molecule has 1 unspecified atom stereocenters. The van der Waals surface area contributed by atoms with E-state index in [-0.39, 0.29) is 5.76 Å². The first-order chi connectivity index (χ1) is 11.7. The number of furan rings is 2. The number of hydrogen-bond donors (Lipinski definition) is 1. The lowest BCUT2D eigenvalue weighted by Gasteiger charge is -2.23. The van der Waals surface area contributed by atoms with E-state index in [1.165, 1.54) is 0 Å². The molecule has 0 aliphatic carbocycles. The second-order valence-electron chi connectivity index (χ2n) is 5.56. The van der Waals surface area contributed by atoms with E-state index in [4.69, 9.17) is 14.1 Å². The van der Waals surface area contributed by atoms with Gasteiger partial charge in [-0.25, -0.2) is 0 Å². The number of benzene rings is 1. The zero-order chi connectivity index (χ0) is 16.8. The summed E-state index contributed by atoms with van der Waals surface area (Å²) in [7, 11) is 0. The molecule has 0 saturated carbocycles. The Kier molecular flexibility index (Phi) is 5.12. The molecule has 5 heteroatoms. The third kappa shape index (κ3) is 4.13. The summed E-state index contributed by atoms with van der Waals surface area (Å²) in [6.07, 6.45) is 0.820. The largest absolute Gasteiger partial charge is 0.467 e. The fourth-order valence-corrected chi connectivity index (χ4v) is 2.59. The highest BCUT2D eigenvalue weighted by molar-refractivity contribution is 5.19. The van der Waals surface area contributed by atoms with Crippen molar-refractivity contribution in [2.24, 2.45) is 0 Å². The van der Waals surface area contributed by atoms with Crippen molar-refractivity contribution in [3.63, 3.8) is 0 Å². The molecular formula is C19H18N2O3. The van der Waals surface area contributed by atoms with Crippen molar-refractivity contribution in [2.45, 2.75) is 19.2 Å². The first-order valence-corrected chi connectivity index (χ1v) is 7.71. The van der Waals surface area contributed by atoms with Crippen molar-refractivity contribution in [1.29, 1.82) is 5.26 Å². The Labute approximate surface area is 140 Å². The Morgan fingerprint density at radius 2 is 1.88 bits per heavy atom. The predicted octanol–water partition coefficient (Wildman–Crippen LogP) is 3.48. The molecule has 0 saturated heterocycles. The SMILES string of the molecule is N#Cc1ccc(CN(Cc2ccccc2)CC(O)c2ccco2)o1. The Hall–Kier alpha value is -2.81. The van der Waals surface area contributed by atoms with E-state index >= 15 is 0 Å². The molecule has 0 aliphatic rings. The molecule has 1 aromatic carbocycles. The van der Waals surface area contributed by atoms with Crippen molar-refractivity contribution in [2.75, 3.05) is 6.54 Å². The average molecular weight is 322 g/mol. The Bertz CT molecular complexity index is 788. The van der Waals surface area contributed by atoms with Crippen LogP contribution in [0.4, 0.5) is 0 Å². The third-order valence-corrected chi connectivity index (χ3v) is 3.70. The zero-order valence-corrected chi connectivity index (χ0v) is 13.1. The lowest BCUT2D eigenvalue weighted by molar-refractivity contribution is 0.0837. The molecule has 0 fully saturated rings. The molecule has 0 bridgehead atoms. The fraction of sp³-hybridized carbons (Fsp3) is 0.211. The van der Waals surface area contributed by atoms with Crippen LogP contribution in [-0.4, -0.2) is 16.6 Å². The van der Waals surface area contributed by atoms with Gasteiger partial charge in [0, 0.05) is 13.1 Å². The third-order valence-electron chi connectivity index (χ3n) is 3.70. The maximum atomic E-state index is 10.4. The first-order valence-electron chi connectivity index (χ1n) is 7.71. The number of nitrogens with zero attached hydrogens (tertiary/aromatic N) is 2. The van der Waals surface area contributed by atoms with Crippen molar-refractivity contribution < 1.29 is 13.9 Å². The molecule has 2 heterocycles. The van der Waals surface area contributed by atoms with Gasteiger partial charge in [-0.05, 0) is 29.8 Å². The van der Waals surface area contributed by atoms with Crippen LogP contribution in [0.3, 0.4) is 0 Å². The van der Waals surface area contributed by atoms with Crippen molar-refractivity contribution >= 4 is 0 Å². The van der Waals surface area contributed by atoms with Crippen LogP contribution in [0.2, 0.25) is 0 Å². The Morgan fingerprint density at radius 1 is 1.04 bits per heavy atom. The van der Waals surface area contributed by atoms with E-state index in [1.807, 2.05) is 36.4 Å². The van der Waals surface area contributed by atoms with Gasteiger partial charge in [-0.15, -0.1) is 0 Å². The summed E-state index contributed by atoms with van der Waals surface area (Å²) in [5.74, 6) is 1.51. The molecule has 3 rings (SSSR count). The second-order valence-corrected chi connectivity index (χ2v) is 5.56. The maximum absolute atomic E-state index is 10.4. The van der Waals surface area contributed by atoms with Gasteiger partial charge in [0.2, 0.25) is 5.76 Å². The summed E-state index contributed by atoms with van der Waals surface area (Å²) < 4.78 is 10.7. The molecule has 0 spiro atoms. The van der Waals surface area contributed by atoms with Crippen LogP contribution in [0.15, 0.2) is 69.7 Å². The van der Waals surface area contributed by atoms with Crippen LogP contribution < -0.4 is 0 Å². The molecule has 2 aromatic heterocycles. The van der Waals surface area contributed by atoms with Crippen molar-refractivity contribution in [3.8, 4) is 6.07 Å². The monoisotopic (exact) mass is 322 g/mol. The molecule has 0 amide bonds. The van der Waals surface area contributed by atoms with Gasteiger partial charge in [0.15, 0.2) is 0 Å². The van der Waals surface area contributed by atoms with Gasteiger partial charge in [0.1, 0.15) is 23.7 Å². The minimum atomic E-state index is -0.728. The minimum absolute atomic E-state index is 0.288. The van der Waals surface area contributed by atoms with Gasteiger partial charge in [0.25, 0.3) is 0 Å². The lowest BCUT2D eigenvalue weighted by atomic mass is 10.2. The second kappa shape index (κ2) is 7.64. The van der Waals surface area contributed by atoms with Gasteiger partial charge in [0.05, 0.1) is 12.8 Å². The molecule has 1 N–H and O–H groups in total. The first kappa shape index (κ1) is 16.1. The normalized spacial score (nSPS) is 12.2. The van der Waals surface area contributed by atoms with Gasteiger partial charge in [-0.1, -0.05) is 30.3 Å². The highest BCUT2D eigenvalue weighted by Crippen LogP contribution is 2.19. The average Bonchev–Trinajstić information content (AvgIpc) is 3.27. The summed E-state index contributed by atoms with van der Waals surface area (Å²) >= 11 is 0. The number of aliphatic hydroxyl groups is 1. The molecule has 122 valence electrons. The lowest BCUT2D eigenvalue weighted by Crippen LogP contribution is -2.27. The van der Waals surface area contributed by atoms with Crippen LogP contribution in [0.5, 0.6) is 0 Å². The van der Waals surface area contributed by atoms with E-state index in [1.54, 1.807) is 30.5 Å². The summed E-state index contributed by atoms with van der Waals surface area (Å²) in [4.78, 5) is 2.06. The number of hydrogen-bond acceptors (Lipinski definition) is 5. The molecule has 0 radical (unpaired) electrons. The van der Waals surface area contributed by atoms with Crippen molar-refractivity contribution in [3.05, 3.63) is 83.7 Å². The van der Waals surface area contributed by atoms with Gasteiger partial charge < -0.3 is 13.9 Å². The van der Waals surface area contributed by atoms with Crippen LogP contribution in [0.1, 0.15) is 28.9 Å². The fourth-order valence-electron chi connectivity index (χ4n) is 2.59. The molecule has 24 heavy (non-hydrogen) atoms. The number of rotatable bonds is 7. The van der Waals surface area contributed by atoms with E-state index in [0.717, 1.165) is 5.56 Å². The maximum Gasteiger partial charge on any atom is 0.203 e. The topological polar surface area (TPSA) is 73.5 Å². The molecule has 3 aromatic rings. The quantitative estimate of drug-likeness (QED) is 0.721. The van der Waals surface area contributed by atoms with Gasteiger partial charge in [-0.3, -0.25) is 4.90 Å².